The van der Waals surface area contributed by atoms with E-state index in [4.69, 9.17) is 5.11 Å². The van der Waals surface area contributed by atoms with E-state index >= 15 is 0 Å². The van der Waals surface area contributed by atoms with Gasteiger partial charge >= 0.3 is 5.97 Å². The maximum atomic E-state index is 10.3. The predicted molar refractivity (Wildman–Crippen MR) is 40.8 cm³/mol. The third-order valence-electron chi connectivity index (χ3n) is 1.42. The molecule has 10 heavy (non-hydrogen) atoms. The Morgan fingerprint density at radius 2 is 2.30 bits per heavy atom. The molecule has 1 N–H and O–H groups in total. The molecule has 0 aliphatic rings. The molecule has 1 unspecified atom stereocenters. The summed E-state index contributed by atoms with van der Waals surface area (Å²) in [7, 11) is 0. The molecule has 0 saturated heterocycles. The van der Waals surface area contributed by atoms with Crippen LogP contribution in [0.5, 0.6) is 0 Å². The van der Waals surface area contributed by atoms with Crippen molar-refractivity contribution in [2.24, 2.45) is 5.92 Å². The van der Waals surface area contributed by atoms with Crippen LogP contribution in [0.3, 0.4) is 0 Å². The number of hydrogen-bond donors (Lipinski definition) is 1. The predicted octanol–water partition coefficient (Wildman–Crippen LogP) is 2.06. The standard InChI is InChI=1S/C8H14O2/c1-3-4-5-6-7(2)8(9)10/h3-4,7H,5-6H2,1-2H3,(H,9,10)/b4-3-. The molecule has 58 valence electrons. The van der Waals surface area contributed by atoms with Crippen molar-refractivity contribution in [1.29, 1.82) is 0 Å². The first-order chi connectivity index (χ1) is 4.68. The highest BCUT2D eigenvalue weighted by Gasteiger charge is 2.07. The zero-order chi connectivity index (χ0) is 7.98. The highest BCUT2D eigenvalue weighted by atomic mass is 16.4. The van der Waals surface area contributed by atoms with Crippen LogP contribution in [0.1, 0.15) is 26.7 Å². The summed E-state index contributed by atoms with van der Waals surface area (Å²) in [5.74, 6) is -0.916. The largest absolute Gasteiger partial charge is 0.481 e. The summed E-state index contributed by atoms with van der Waals surface area (Å²) in [6.45, 7) is 3.66. The lowest BCUT2D eigenvalue weighted by molar-refractivity contribution is -0.141. The first-order valence-electron chi connectivity index (χ1n) is 3.52. The van der Waals surface area contributed by atoms with E-state index in [1.807, 2.05) is 19.1 Å². The van der Waals surface area contributed by atoms with Crippen LogP contribution in [0.25, 0.3) is 0 Å². The average molecular weight is 142 g/mol. The smallest absolute Gasteiger partial charge is 0.306 e. The zero-order valence-corrected chi connectivity index (χ0v) is 6.50. The number of hydrogen-bond acceptors (Lipinski definition) is 1. The lowest BCUT2D eigenvalue weighted by atomic mass is 10.1. The summed E-state index contributed by atoms with van der Waals surface area (Å²) < 4.78 is 0. The molecule has 0 aliphatic heterocycles. The molecule has 1 atom stereocenters. The monoisotopic (exact) mass is 142 g/mol. The van der Waals surface area contributed by atoms with Crippen molar-refractivity contribution in [2.75, 3.05) is 0 Å². The van der Waals surface area contributed by atoms with E-state index in [2.05, 4.69) is 0 Å². The molecule has 0 aromatic carbocycles. The van der Waals surface area contributed by atoms with Gasteiger partial charge in [0.05, 0.1) is 5.92 Å². The van der Waals surface area contributed by atoms with Gasteiger partial charge in [0.25, 0.3) is 0 Å². The Labute approximate surface area is 61.6 Å². The van der Waals surface area contributed by atoms with E-state index in [-0.39, 0.29) is 5.92 Å². The van der Waals surface area contributed by atoms with Crippen molar-refractivity contribution < 1.29 is 9.90 Å². The van der Waals surface area contributed by atoms with Gasteiger partial charge in [0, 0.05) is 0 Å². The van der Waals surface area contributed by atoms with E-state index in [9.17, 15) is 4.79 Å². The number of aliphatic carboxylic acids is 1. The van der Waals surface area contributed by atoms with E-state index < -0.39 is 5.97 Å². The average Bonchev–Trinajstić information content (AvgIpc) is 1.88. The summed E-state index contributed by atoms with van der Waals surface area (Å²) in [6.07, 6.45) is 5.53. The molecule has 2 heteroatoms. The minimum Gasteiger partial charge on any atom is -0.481 e. The van der Waals surface area contributed by atoms with Crippen molar-refractivity contribution in [3.8, 4) is 0 Å². The Balaban J connectivity index is 3.39. The van der Waals surface area contributed by atoms with Crippen molar-refractivity contribution in [1.82, 2.24) is 0 Å². The molecular formula is C8H14O2. The highest BCUT2D eigenvalue weighted by molar-refractivity contribution is 5.69. The van der Waals surface area contributed by atoms with Gasteiger partial charge in [-0.3, -0.25) is 4.79 Å². The molecule has 0 rings (SSSR count). The molecule has 0 aliphatic carbocycles. The number of rotatable bonds is 4. The summed E-state index contributed by atoms with van der Waals surface area (Å²) in [5.41, 5.74) is 0. The highest BCUT2D eigenvalue weighted by Crippen LogP contribution is 2.05. The van der Waals surface area contributed by atoms with Crippen LogP contribution in [0.4, 0.5) is 0 Å². The van der Waals surface area contributed by atoms with E-state index in [0.29, 0.717) is 0 Å². The van der Waals surface area contributed by atoms with Gasteiger partial charge in [-0.15, -0.1) is 0 Å². The van der Waals surface area contributed by atoms with Crippen LogP contribution in [-0.2, 0) is 4.79 Å². The van der Waals surface area contributed by atoms with Gasteiger partial charge < -0.3 is 5.11 Å². The lowest BCUT2D eigenvalue weighted by Crippen LogP contribution is -2.08. The zero-order valence-electron chi connectivity index (χ0n) is 6.50. The van der Waals surface area contributed by atoms with Gasteiger partial charge in [0.15, 0.2) is 0 Å². The van der Waals surface area contributed by atoms with Crippen LogP contribution >= 0.6 is 0 Å². The van der Waals surface area contributed by atoms with Gasteiger partial charge in [-0.05, 0) is 19.8 Å². The molecule has 0 saturated carbocycles. The molecule has 0 radical (unpaired) electrons. The van der Waals surface area contributed by atoms with E-state index in [0.717, 1.165) is 12.8 Å². The molecule has 0 fully saturated rings. The van der Waals surface area contributed by atoms with E-state index in [1.165, 1.54) is 0 Å². The fraction of sp³-hybridized carbons (Fsp3) is 0.625. The van der Waals surface area contributed by atoms with Crippen LogP contribution in [-0.4, -0.2) is 11.1 Å². The van der Waals surface area contributed by atoms with Gasteiger partial charge in [-0.1, -0.05) is 19.1 Å². The summed E-state index contributed by atoms with van der Waals surface area (Å²) in [4.78, 5) is 10.3. The van der Waals surface area contributed by atoms with Crippen LogP contribution in [0.2, 0.25) is 0 Å². The van der Waals surface area contributed by atoms with Crippen molar-refractivity contribution in [2.45, 2.75) is 26.7 Å². The normalized spacial score (nSPS) is 13.8. The van der Waals surface area contributed by atoms with Gasteiger partial charge in [-0.25, -0.2) is 0 Å². The Morgan fingerprint density at radius 3 is 2.70 bits per heavy atom. The van der Waals surface area contributed by atoms with Crippen LogP contribution < -0.4 is 0 Å². The second kappa shape index (κ2) is 5.03. The molecule has 0 aromatic rings. The van der Waals surface area contributed by atoms with Gasteiger partial charge in [0.2, 0.25) is 0 Å². The molecule has 0 amide bonds. The quantitative estimate of drug-likeness (QED) is 0.610. The molecule has 0 spiro atoms. The molecule has 0 heterocycles. The number of allylic oxidation sites excluding steroid dienone is 2. The topological polar surface area (TPSA) is 37.3 Å². The van der Waals surface area contributed by atoms with Crippen LogP contribution in [0, 0.1) is 5.92 Å². The van der Waals surface area contributed by atoms with Crippen molar-refractivity contribution in [3.63, 3.8) is 0 Å². The summed E-state index contributed by atoms with van der Waals surface area (Å²) >= 11 is 0. The molecule has 2 nitrogen and oxygen atoms in total. The maximum Gasteiger partial charge on any atom is 0.306 e. The summed E-state index contributed by atoms with van der Waals surface area (Å²) in [6, 6.07) is 0. The van der Waals surface area contributed by atoms with Crippen molar-refractivity contribution >= 4 is 5.97 Å². The molecule has 0 bridgehead atoms. The fourth-order valence-corrected chi connectivity index (χ4v) is 0.636. The number of carbonyl (C=O) groups is 1. The fourth-order valence-electron chi connectivity index (χ4n) is 0.636. The molecule has 0 aromatic heterocycles. The van der Waals surface area contributed by atoms with Crippen LogP contribution in [0.15, 0.2) is 12.2 Å². The number of carboxylic acid groups (broad SMARTS) is 1. The SMILES string of the molecule is C/C=C\CCC(C)C(=O)O. The minimum atomic E-state index is -0.704. The Hall–Kier alpha value is -0.790. The summed E-state index contributed by atoms with van der Waals surface area (Å²) in [5, 5.41) is 8.46. The third-order valence-corrected chi connectivity index (χ3v) is 1.42. The van der Waals surface area contributed by atoms with Gasteiger partial charge in [-0.2, -0.15) is 0 Å². The van der Waals surface area contributed by atoms with Gasteiger partial charge in [0.1, 0.15) is 0 Å². The Bertz CT molecular complexity index is 127. The number of carboxylic acids is 1. The lowest BCUT2D eigenvalue weighted by Gasteiger charge is -2.01. The Morgan fingerprint density at radius 1 is 1.70 bits per heavy atom. The first-order valence-corrected chi connectivity index (χ1v) is 3.52. The van der Waals surface area contributed by atoms with Crippen molar-refractivity contribution in [3.05, 3.63) is 12.2 Å². The first kappa shape index (κ1) is 9.21. The van der Waals surface area contributed by atoms with E-state index in [1.54, 1.807) is 6.92 Å². The Kier molecular flexibility index (Phi) is 4.63. The second-order valence-electron chi connectivity index (χ2n) is 2.39. The molecular weight excluding hydrogens is 128 g/mol. The second-order valence-corrected chi connectivity index (χ2v) is 2.39. The minimum absolute atomic E-state index is 0.212. The third kappa shape index (κ3) is 4.13. The maximum absolute atomic E-state index is 10.3.